The van der Waals surface area contributed by atoms with Gasteiger partial charge in [-0.15, -0.1) is 11.8 Å². The average Bonchev–Trinajstić information content (AvgIpc) is 2.29. The molecule has 0 aliphatic rings. The molecule has 0 spiro atoms. The van der Waals surface area contributed by atoms with Gasteiger partial charge in [0.15, 0.2) is 5.78 Å². The van der Waals surface area contributed by atoms with Gasteiger partial charge in [-0.1, -0.05) is 12.1 Å². The summed E-state index contributed by atoms with van der Waals surface area (Å²) >= 11 is 1.25. The smallest absolute Gasteiger partial charge is 0.234 e. The van der Waals surface area contributed by atoms with Gasteiger partial charge in [-0.2, -0.15) is 5.26 Å². The third kappa shape index (κ3) is 4.70. The van der Waals surface area contributed by atoms with Crippen LogP contribution < -0.4 is 5.32 Å². The second kappa shape index (κ2) is 6.71. The fourth-order valence-electron chi connectivity index (χ4n) is 1.20. The predicted octanol–water partition coefficient (Wildman–Crippen LogP) is 2.08. The van der Waals surface area contributed by atoms with Gasteiger partial charge in [0.25, 0.3) is 0 Å². The molecule has 0 aliphatic heterocycles. The summed E-state index contributed by atoms with van der Waals surface area (Å²) in [5.74, 6) is 0.310. The fourth-order valence-corrected chi connectivity index (χ4v) is 1.65. The zero-order chi connectivity index (χ0) is 12.7. The Labute approximate surface area is 104 Å². The molecule has 0 bridgehead atoms. The van der Waals surface area contributed by atoms with E-state index < -0.39 is 0 Å². The van der Waals surface area contributed by atoms with E-state index in [1.54, 1.807) is 24.3 Å². The quantitative estimate of drug-likeness (QED) is 0.639. The Balaban J connectivity index is 2.57. The van der Waals surface area contributed by atoms with Crippen molar-refractivity contribution in [3.05, 3.63) is 29.8 Å². The lowest BCUT2D eigenvalue weighted by Gasteiger charge is -2.05. The number of amides is 1. The molecule has 0 radical (unpaired) electrons. The number of benzene rings is 1. The number of nitrogens with one attached hydrogen (secondary N) is 1. The lowest BCUT2D eigenvalue weighted by atomic mass is 10.1. The van der Waals surface area contributed by atoms with Crippen molar-refractivity contribution < 1.29 is 9.59 Å². The van der Waals surface area contributed by atoms with E-state index in [4.69, 9.17) is 5.26 Å². The SMILES string of the molecule is CC(=O)c1cccc(NC(=O)CSCC#N)c1. The predicted molar refractivity (Wildman–Crippen MR) is 68.0 cm³/mol. The summed E-state index contributed by atoms with van der Waals surface area (Å²) in [6, 6.07) is 8.72. The molecule has 0 saturated heterocycles. The third-order valence-electron chi connectivity index (χ3n) is 1.95. The van der Waals surface area contributed by atoms with E-state index in [0.717, 1.165) is 0 Å². The number of ketones is 1. The Hall–Kier alpha value is -1.80. The van der Waals surface area contributed by atoms with Gasteiger partial charge in [0.1, 0.15) is 0 Å². The number of nitriles is 1. The summed E-state index contributed by atoms with van der Waals surface area (Å²) in [6.45, 7) is 1.48. The summed E-state index contributed by atoms with van der Waals surface area (Å²) < 4.78 is 0. The minimum Gasteiger partial charge on any atom is -0.325 e. The Kier molecular flexibility index (Phi) is 5.24. The molecule has 1 N–H and O–H groups in total. The first-order chi connectivity index (χ1) is 8.13. The van der Waals surface area contributed by atoms with Gasteiger partial charge in [0.05, 0.1) is 17.6 Å². The minimum absolute atomic E-state index is 0.0417. The van der Waals surface area contributed by atoms with Crippen LogP contribution in [0.15, 0.2) is 24.3 Å². The number of Topliss-reactive ketones (excluding diaryl/α,β-unsaturated/α-hetero) is 1. The van der Waals surface area contributed by atoms with Crippen molar-refractivity contribution in [1.82, 2.24) is 0 Å². The number of carbonyl (C=O) groups excluding carboxylic acids is 2. The first-order valence-corrected chi connectivity index (χ1v) is 6.14. The summed E-state index contributed by atoms with van der Waals surface area (Å²) in [7, 11) is 0. The normalized spacial score (nSPS) is 9.41. The zero-order valence-electron chi connectivity index (χ0n) is 9.40. The molecule has 0 atom stereocenters. The number of thioether (sulfide) groups is 1. The average molecular weight is 248 g/mol. The Morgan fingerprint density at radius 1 is 1.47 bits per heavy atom. The Morgan fingerprint density at radius 2 is 2.24 bits per heavy atom. The number of hydrogen-bond donors (Lipinski definition) is 1. The van der Waals surface area contributed by atoms with Crippen LogP contribution in [0.1, 0.15) is 17.3 Å². The van der Waals surface area contributed by atoms with Crippen molar-refractivity contribution in [2.24, 2.45) is 0 Å². The second-order valence-electron chi connectivity index (χ2n) is 3.34. The van der Waals surface area contributed by atoms with Crippen LogP contribution in [0, 0.1) is 11.3 Å². The lowest BCUT2D eigenvalue weighted by Crippen LogP contribution is -2.14. The van der Waals surface area contributed by atoms with Crippen molar-refractivity contribution in [3.8, 4) is 6.07 Å². The molecular weight excluding hydrogens is 236 g/mol. The Morgan fingerprint density at radius 3 is 2.88 bits per heavy atom. The second-order valence-corrected chi connectivity index (χ2v) is 4.32. The molecule has 1 amide bonds. The van der Waals surface area contributed by atoms with Crippen molar-refractivity contribution in [2.75, 3.05) is 16.8 Å². The van der Waals surface area contributed by atoms with E-state index in [2.05, 4.69) is 5.32 Å². The van der Waals surface area contributed by atoms with Crippen LogP contribution in [0.5, 0.6) is 0 Å². The standard InChI is InChI=1S/C12H12N2O2S/c1-9(15)10-3-2-4-11(7-10)14-12(16)8-17-6-5-13/h2-4,7H,6,8H2,1H3,(H,14,16). The topological polar surface area (TPSA) is 70.0 Å². The van der Waals surface area contributed by atoms with Crippen molar-refractivity contribution in [3.63, 3.8) is 0 Å². The highest BCUT2D eigenvalue weighted by molar-refractivity contribution is 8.00. The Bertz CT molecular complexity index is 466. The summed E-state index contributed by atoms with van der Waals surface area (Å²) in [5, 5.41) is 11.0. The summed E-state index contributed by atoms with van der Waals surface area (Å²) in [6.07, 6.45) is 0. The maximum absolute atomic E-state index is 11.4. The van der Waals surface area contributed by atoms with E-state index in [1.165, 1.54) is 18.7 Å². The van der Waals surface area contributed by atoms with Gasteiger partial charge in [0.2, 0.25) is 5.91 Å². The summed E-state index contributed by atoms with van der Waals surface area (Å²) in [4.78, 5) is 22.6. The van der Waals surface area contributed by atoms with Crippen LogP contribution in [0.2, 0.25) is 0 Å². The molecule has 1 aromatic carbocycles. The van der Waals surface area contributed by atoms with Gasteiger partial charge >= 0.3 is 0 Å². The van der Waals surface area contributed by atoms with E-state index in [-0.39, 0.29) is 17.4 Å². The van der Waals surface area contributed by atoms with Gasteiger partial charge in [-0.25, -0.2) is 0 Å². The summed E-state index contributed by atoms with van der Waals surface area (Å²) in [5.41, 5.74) is 1.16. The highest BCUT2D eigenvalue weighted by Gasteiger charge is 2.04. The van der Waals surface area contributed by atoms with Crippen molar-refractivity contribution in [1.29, 1.82) is 5.26 Å². The molecule has 0 aliphatic carbocycles. The molecule has 5 heteroatoms. The third-order valence-corrected chi connectivity index (χ3v) is 2.75. The molecule has 4 nitrogen and oxygen atoms in total. The molecule has 0 fully saturated rings. The fraction of sp³-hybridized carbons (Fsp3) is 0.250. The minimum atomic E-state index is -0.175. The highest BCUT2D eigenvalue weighted by atomic mass is 32.2. The molecule has 1 aromatic rings. The van der Waals surface area contributed by atoms with Crippen LogP contribution >= 0.6 is 11.8 Å². The first kappa shape index (κ1) is 13.3. The maximum Gasteiger partial charge on any atom is 0.234 e. The molecule has 0 heterocycles. The van der Waals surface area contributed by atoms with E-state index in [1.807, 2.05) is 6.07 Å². The highest BCUT2D eigenvalue weighted by Crippen LogP contribution is 2.11. The van der Waals surface area contributed by atoms with Gasteiger partial charge in [-0.05, 0) is 19.1 Å². The molecule has 88 valence electrons. The van der Waals surface area contributed by atoms with Crippen LogP contribution in [-0.2, 0) is 4.79 Å². The van der Waals surface area contributed by atoms with E-state index in [9.17, 15) is 9.59 Å². The lowest BCUT2D eigenvalue weighted by molar-refractivity contribution is -0.113. The van der Waals surface area contributed by atoms with Crippen LogP contribution in [0.25, 0.3) is 0 Å². The van der Waals surface area contributed by atoms with Crippen LogP contribution in [0.3, 0.4) is 0 Å². The molecule has 1 rings (SSSR count). The number of hydrogen-bond acceptors (Lipinski definition) is 4. The number of anilines is 1. The van der Waals surface area contributed by atoms with E-state index >= 15 is 0 Å². The monoisotopic (exact) mass is 248 g/mol. The van der Waals surface area contributed by atoms with Crippen LogP contribution in [-0.4, -0.2) is 23.2 Å². The number of nitrogens with zero attached hydrogens (tertiary/aromatic N) is 1. The largest absolute Gasteiger partial charge is 0.325 e. The maximum atomic E-state index is 11.4. The van der Waals surface area contributed by atoms with Crippen molar-refractivity contribution >= 4 is 29.1 Å². The van der Waals surface area contributed by atoms with Gasteiger partial charge in [-0.3, -0.25) is 9.59 Å². The van der Waals surface area contributed by atoms with Crippen LogP contribution in [0.4, 0.5) is 5.69 Å². The van der Waals surface area contributed by atoms with Crippen molar-refractivity contribution in [2.45, 2.75) is 6.92 Å². The molecule has 0 aromatic heterocycles. The molecule has 0 unspecified atom stereocenters. The number of carbonyl (C=O) groups is 2. The zero-order valence-corrected chi connectivity index (χ0v) is 10.2. The molecule has 17 heavy (non-hydrogen) atoms. The van der Waals surface area contributed by atoms with E-state index in [0.29, 0.717) is 17.0 Å². The van der Waals surface area contributed by atoms with Gasteiger partial charge < -0.3 is 5.32 Å². The molecule has 0 saturated carbocycles. The van der Waals surface area contributed by atoms with Gasteiger partial charge in [0, 0.05) is 11.3 Å². The molecular formula is C12H12N2O2S. The number of rotatable bonds is 5. The first-order valence-electron chi connectivity index (χ1n) is 4.99.